The van der Waals surface area contributed by atoms with E-state index < -0.39 is 0 Å². The van der Waals surface area contributed by atoms with Gasteiger partial charge < -0.3 is 9.88 Å². The first kappa shape index (κ1) is 16.8. The summed E-state index contributed by atoms with van der Waals surface area (Å²) in [7, 11) is 1.66. The molecule has 2 aromatic rings. The lowest BCUT2D eigenvalue weighted by molar-refractivity contribution is -0.146. The molecule has 2 aliphatic rings. The molecule has 2 fully saturated rings. The highest BCUT2D eigenvalue weighted by Crippen LogP contribution is 2.37. The van der Waals surface area contributed by atoms with Crippen LogP contribution in [0.1, 0.15) is 31.5 Å². The van der Waals surface area contributed by atoms with Crippen molar-refractivity contribution in [2.24, 2.45) is 11.8 Å². The summed E-state index contributed by atoms with van der Waals surface area (Å²) in [6, 6.07) is 7.66. The maximum atomic E-state index is 12.6. The number of hydrogen-bond donors (Lipinski definition) is 1. The molecule has 3 amide bonds. The molecule has 7 nitrogen and oxygen atoms in total. The van der Waals surface area contributed by atoms with E-state index in [0.717, 1.165) is 41.6 Å². The smallest absolute Gasteiger partial charge is 0.242 e. The Morgan fingerprint density at radius 3 is 2.50 bits per heavy atom. The Morgan fingerprint density at radius 2 is 1.85 bits per heavy atom. The number of hydrogen-bond acceptors (Lipinski definition) is 4. The van der Waals surface area contributed by atoms with Crippen molar-refractivity contribution in [1.82, 2.24) is 19.8 Å². The van der Waals surface area contributed by atoms with Crippen molar-refractivity contribution >= 4 is 28.8 Å². The number of nitrogens with one attached hydrogen (secondary N) is 1. The number of imidazole rings is 1. The van der Waals surface area contributed by atoms with Crippen molar-refractivity contribution < 1.29 is 14.4 Å². The molecule has 1 aromatic carbocycles. The van der Waals surface area contributed by atoms with Gasteiger partial charge in [0.25, 0.3) is 0 Å². The number of para-hydroxylation sites is 2. The first-order valence-corrected chi connectivity index (χ1v) is 9.07. The van der Waals surface area contributed by atoms with Crippen LogP contribution in [0.5, 0.6) is 0 Å². The molecule has 1 aliphatic heterocycles. The second-order valence-corrected chi connectivity index (χ2v) is 7.21. The Morgan fingerprint density at radius 1 is 1.19 bits per heavy atom. The number of fused-ring (bicyclic) bond motifs is 2. The number of aromatic amines is 1. The number of H-pyrrole nitrogens is 1. The molecule has 26 heavy (non-hydrogen) atoms. The lowest BCUT2D eigenvalue weighted by Gasteiger charge is -2.20. The molecule has 1 saturated carbocycles. The monoisotopic (exact) mass is 354 g/mol. The summed E-state index contributed by atoms with van der Waals surface area (Å²) in [4.78, 5) is 47.9. The van der Waals surface area contributed by atoms with E-state index >= 15 is 0 Å². The highest BCUT2D eigenvalue weighted by molar-refractivity contribution is 6.07. The van der Waals surface area contributed by atoms with E-state index in [1.54, 1.807) is 7.05 Å². The molecule has 2 heterocycles. The van der Waals surface area contributed by atoms with Gasteiger partial charge in [0.1, 0.15) is 12.4 Å². The number of benzene rings is 1. The van der Waals surface area contributed by atoms with Crippen molar-refractivity contribution in [3.63, 3.8) is 0 Å². The van der Waals surface area contributed by atoms with E-state index in [-0.39, 0.29) is 36.1 Å². The molecular weight excluding hydrogens is 332 g/mol. The molecule has 2 atom stereocenters. The lowest BCUT2D eigenvalue weighted by Crippen LogP contribution is -2.41. The maximum Gasteiger partial charge on any atom is 0.242 e. The van der Waals surface area contributed by atoms with Gasteiger partial charge in [-0.3, -0.25) is 19.3 Å². The summed E-state index contributed by atoms with van der Waals surface area (Å²) in [5, 5.41) is 0. The fourth-order valence-corrected chi connectivity index (χ4v) is 4.04. The van der Waals surface area contributed by atoms with Gasteiger partial charge in [-0.1, -0.05) is 25.0 Å². The molecule has 0 unspecified atom stereocenters. The van der Waals surface area contributed by atoms with Crippen LogP contribution in [-0.2, 0) is 20.9 Å². The number of nitrogens with zero attached hydrogens (tertiary/aromatic N) is 3. The van der Waals surface area contributed by atoms with E-state index in [0.29, 0.717) is 12.4 Å². The summed E-state index contributed by atoms with van der Waals surface area (Å²) in [6.45, 7) is 0.123. The molecule has 0 spiro atoms. The average molecular weight is 354 g/mol. The van der Waals surface area contributed by atoms with Crippen molar-refractivity contribution in [3.8, 4) is 0 Å². The first-order chi connectivity index (χ1) is 12.5. The maximum absolute atomic E-state index is 12.6. The van der Waals surface area contributed by atoms with Gasteiger partial charge in [-0.15, -0.1) is 0 Å². The van der Waals surface area contributed by atoms with E-state index in [9.17, 15) is 14.4 Å². The molecule has 1 aromatic heterocycles. The van der Waals surface area contributed by atoms with E-state index in [2.05, 4.69) is 9.97 Å². The minimum Gasteiger partial charge on any atom is -0.340 e. The van der Waals surface area contributed by atoms with E-state index in [4.69, 9.17) is 0 Å². The van der Waals surface area contributed by atoms with Gasteiger partial charge >= 0.3 is 0 Å². The third-order valence-electron chi connectivity index (χ3n) is 5.48. The average Bonchev–Trinajstić information content (AvgIpc) is 3.16. The Hall–Kier alpha value is -2.70. The van der Waals surface area contributed by atoms with Crippen molar-refractivity contribution in [1.29, 1.82) is 0 Å². The highest BCUT2D eigenvalue weighted by atomic mass is 16.2. The molecule has 1 saturated heterocycles. The number of aromatic nitrogens is 2. The zero-order valence-electron chi connectivity index (χ0n) is 14.8. The summed E-state index contributed by atoms with van der Waals surface area (Å²) in [6.07, 6.45) is 3.48. The quantitative estimate of drug-likeness (QED) is 0.847. The van der Waals surface area contributed by atoms with Crippen LogP contribution >= 0.6 is 0 Å². The molecule has 4 rings (SSSR count). The third-order valence-corrected chi connectivity index (χ3v) is 5.48. The number of carbonyl (C=O) groups excluding carboxylic acids is 3. The van der Waals surface area contributed by atoms with Crippen molar-refractivity contribution in [2.75, 3.05) is 13.6 Å². The van der Waals surface area contributed by atoms with Crippen LogP contribution in [0, 0.1) is 11.8 Å². The Kier molecular flexibility index (Phi) is 4.22. The molecule has 136 valence electrons. The van der Waals surface area contributed by atoms with Crippen LogP contribution in [0.15, 0.2) is 24.3 Å². The van der Waals surface area contributed by atoms with Crippen LogP contribution in [-0.4, -0.2) is 51.1 Å². The Balaban J connectivity index is 1.42. The normalized spacial score (nSPS) is 22.7. The molecular formula is C19H22N4O3. The van der Waals surface area contributed by atoms with Gasteiger partial charge in [-0.05, 0) is 25.0 Å². The van der Waals surface area contributed by atoms with Crippen LogP contribution in [0.2, 0.25) is 0 Å². The van der Waals surface area contributed by atoms with Gasteiger partial charge in [-0.25, -0.2) is 4.98 Å². The minimum absolute atomic E-state index is 0.176. The summed E-state index contributed by atoms with van der Waals surface area (Å²) in [5.74, 6) is -0.370. The largest absolute Gasteiger partial charge is 0.340 e. The number of amides is 3. The fourth-order valence-electron chi connectivity index (χ4n) is 4.04. The van der Waals surface area contributed by atoms with Gasteiger partial charge in [0, 0.05) is 7.05 Å². The van der Waals surface area contributed by atoms with Gasteiger partial charge in [0.05, 0.1) is 29.4 Å². The van der Waals surface area contributed by atoms with Crippen molar-refractivity contribution in [3.05, 3.63) is 30.1 Å². The van der Waals surface area contributed by atoms with Gasteiger partial charge in [-0.2, -0.15) is 0 Å². The SMILES string of the molecule is CN(Cc1nc2ccccc2[nH]1)C(=O)CN1C(=O)[C@H]2CCCC[C@H]2C1=O. The van der Waals surface area contributed by atoms with Crippen LogP contribution < -0.4 is 0 Å². The summed E-state index contributed by atoms with van der Waals surface area (Å²) < 4.78 is 0. The van der Waals surface area contributed by atoms with Gasteiger partial charge in [0.2, 0.25) is 17.7 Å². The summed E-state index contributed by atoms with van der Waals surface area (Å²) in [5.41, 5.74) is 1.76. The van der Waals surface area contributed by atoms with E-state index in [1.165, 1.54) is 4.90 Å². The molecule has 0 bridgehead atoms. The number of rotatable bonds is 4. The van der Waals surface area contributed by atoms with Gasteiger partial charge in [0.15, 0.2) is 0 Å². The number of imide groups is 1. The zero-order valence-corrected chi connectivity index (χ0v) is 14.8. The number of carbonyl (C=O) groups is 3. The number of likely N-dealkylation sites (N-methyl/N-ethyl adjacent to an activating group) is 1. The van der Waals surface area contributed by atoms with E-state index in [1.807, 2.05) is 24.3 Å². The Bertz CT molecular complexity index is 818. The molecule has 7 heteroatoms. The second-order valence-electron chi connectivity index (χ2n) is 7.21. The predicted molar refractivity (Wildman–Crippen MR) is 94.7 cm³/mol. The lowest BCUT2D eigenvalue weighted by atomic mass is 9.81. The number of likely N-dealkylation sites (tertiary alicyclic amines) is 1. The van der Waals surface area contributed by atoms with Crippen LogP contribution in [0.4, 0.5) is 0 Å². The standard InChI is InChI=1S/C19H22N4O3/c1-22(10-16-20-14-8-4-5-9-15(14)21-16)17(24)11-23-18(25)12-6-2-3-7-13(12)19(23)26/h4-5,8-9,12-13H,2-3,6-7,10-11H2,1H3,(H,20,21)/t12-,13+. The molecule has 0 radical (unpaired) electrons. The summed E-state index contributed by atoms with van der Waals surface area (Å²) >= 11 is 0. The third kappa shape index (κ3) is 2.87. The second kappa shape index (κ2) is 6.55. The zero-order chi connectivity index (χ0) is 18.3. The molecule has 1 aliphatic carbocycles. The van der Waals surface area contributed by atoms with Crippen LogP contribution in [0.25, 0.3) is 11.0 Å². The van der Waals surface area contributed by atoms with Crippen molar-refractivity contribution in [2.45, 2.75) is 32.2 Å². The first-order valence-electron chi connectivity index (χ1n) is 9.07. The molecule has 1 N–H and O–H groups in total. The topological polar surface area (TPSA) is 86.4 Å². The predicted octanol–water partition coefficient (Wildman–Crippen LogP) is 1.70. The fraction of sp³-hybridized carbons (Fsp3) is 0.474. The Labute approximate surface area is 151 Å². The highest BCUT2D eigenvalue weighted by Gasteiger charge is 2.48. The minimum atomic E-state index is -0.259. The van der Waals surface area contributed by atoms with Crippen LogP contribution in [0.3, 0.4) is 0 Å².